The molecule has 0 bridgehead atoms. The quantitative estimate of drug-likeness (QED) is 0.579. The van der Waals surface area contributed by atoms with Crippen molar-refractivity contribution in [3.05, 3.63) is 0 Å². The Kier molecular flexibility index (Phi) is 6.96. The first-order chi connectivity index (χ1) is 7.64. The molecule has 0 aromatic carbocycles. The third-order valence-electron chi connectivity index (χ3n) is 3.31. The van der Waals surface area contributed by atoms with Gasteiger partial charge in [-0.3, -0.25) is 0 Å². The van der Waals surface area contributed by atoms with Gasteiger partial charge in [-0.15, -0.1) is 0 Å². The van der Waals surface area contributed by atoms with Crippen molar-refractivity contribution in [1.82, 2.24) is 0 Å². The molecule has 0 fully saturated rings. The first-order valence-corrected chi connectivity index (χ1v) is 9.32. The fourth-order valence-electron chi connectivity index (χ4n) is 2.09. The average molecular weight is 260 g/mol. The summed E-state index contributed by atoms with van der Waals surface area (Å²) < 4.78 is 12.5. The highest BCUT2D eigenvalue weighted by molar-refractivity contribution is 6.69. The average Bonchev–Trinajstić information content (AvgIpc) is 2.11. The summed E-state index contributed by atoms with van der Waals surface area (Å²) in [6.45, 7) is 17.5. The van der Waals surface area contributed by atoms with Crippen molar-refractivity contribution in [2.24, 2.45) is 0 Å². The lowest BCUT2D eigenvalue weighted by Crippen LogP contribution is -2.51. The minimum Gasteiger partial charge on any atom is -0.392 e. The van der Waals surface area contributed by atoms with Gasteiger partial charge >= 0.3 is 8.56 Å². The monoisotopic (exact) mass is 260 g/mol. The van der Waals surface area contributed by atoms with Crippen molar-refractivity contribution in [3.8, 4) is 0 Å². The van der Waals surface area contributed by atoms with E-state index in [2.05, 4.69) is 55.0 Å². The van der Waals surface area contributed by atoms with Gasteiger partial charge in [0.15, 0.2) is 0 Å². The van der Waals surface area contributed by atoms with Crippen LogP contribution in [0, 0.1) is 0 Å². The Bertz CT molecular complexity index is 202. The Morgan fingerprint density at radius 1 is 1.00 bits per heavy atom. The van der Waals surface area contributed by atoms with Gasteiger partial charge in [0.05, 0.1) is 0 Å². The van der Waals surface area contributed by atoms with Gasteiger partial charge in [-0.2, -0.15) is 0 Å². The Morgan fingerprint density at radius 2 is 1.41 bits per heavy atom. The van der Waals surface area contributed by atoms with Gasteiger partial charge < -0.3 is 8.85 Å². The van der Waals surface area contributed by atoms with Crippen LogP contribution in [-0.4, -0.2) is 20.8 Å². The largest absolute Gasteiger partial charge is 0.392 e. The molecule has 104 valence electrons. The summed E-state index contributed by atoms with van der Waals surface area (Å²) in [5.41, 5.74) is 0. The minimum absolute atomic E-state index is 0.164. The van der Waals surface area contributed by atoms with Crippen molar-refractivity contribution in [3.63, 3.8) is 0 Å². The zero-order valence-electron chi connectivity index (χ0n) is 13.1. The molecule has 0 aromatic heterocycles. The van der Waals surface area contributed by atoms with E-state index in [1.165, 1.54) is 19.3 Å². The van der Waals surface area contributed by atoms with E-state index in [-0.39, 0.29) is 17.2 Å². The molecule has 0 atom stereocenters. The molecule has 0 saturated heterocycles. The number of rotatable bonds is 8. The van der Waals surface area contributed by atoms with Crippen LogP contribution in [0.15, 0.2) is 0 Å². The van der Waals surface area contributed by atoms with Crippen molar-refractivity contribution in [2.75, 3.05) is 0 Å². The summed E-state index contributed by atoms with van der Waals surface area (Å²) >= 11 is 0. The summed E-state index contributed by atoms with van der Waals surface area (Å²) in [7, 11) is -2.14. The Hall–Kier alpha value is 0.137. The molecule has 0 rings (SSSR count). The number of hydrogen-bond acceptors (Lipinski definition) is 2. The second-order valence-electron chi connectivity index (χ2n) is 6.27. The van der Waals surface area contributed by atoms with Crippen LogP contribution < -0.4 is 0 Å². The van der Waals surface area contributed by atoms with Gasteiger partial charge in [0.25, 0.3) is 0 Å². The zero-order chi connectivity index (χ0) is 13.7. The van der Waals surface area contributed by atoms with E-state index in [0.29, 0.717) is 0 Å². The van der Waals surface area contributed by atoms with Crippen LogP contribution in [0.3, 0.4) is 0 Å². The predicted molar refractivity (Wildman–Crippen MR) is 77.6 cm³/mol. The molecule has 0 radical (unpaired) electrons. The molecule has 0 spiro atoms. The Balaban J connectivity index is 4.86. The van der Waals surface area contributed by atoms with Crippen molar-refractivity contribution in [1.29, 1.82) is 0 Å². The maximum atomic E-state index is 6.23. The van der Waals surface area contributed by atoms with Crippen molar-refractivity contribution in [2.45, 2.75) is 91.5 Å². The van der Waals surface area contributed by atoms with Gasteiger partial charge in [0.2, 0.25) is 0 Å². The molecule has 0 saturated carbocycles. The van der Waals surface area contributed by atoms with E-state index >= 15 is 0 Å². The lowest BCUT2D eigenvalue weighted by molar-refractivity contribution is 0.0893. The lowest BCUT2D eigenvalue weighted by Gasteiger charge is -2.43. The SMILES string of the molecule is CCCCC(C)(C)[Si](C)(OC(C)C)OC(C)C. The lowest BCUT2D eigenvalue weighted by atomic mass is 10.1. The molecular weight excluding hydrogens is 228 g/mol. The highest BCUT2D eigenvalue weighted by Gasteiger charge is 2.48. The maximum absolute atomic E-state index is 6.23. The van der Waals surface area contributed by atoms with E-state index < -0.39 is 8.56 Å². The van der Waals surface area contributed by atoms with Crippen LogP contribution in [0.4, 0.5) is 0 Å². The van der Waals surface area contributed by atoms with E-state index in [0.717, 1.165) is 0 Å². The normalized spacial score (nSPS) is 13.8. The fourth-order valence-corrected chi connectivity index (χ4v) is 5.22. The van der Waals surface area contributed by atoms with Gasteiger partial charge in [-0.1, -0.05) is 33.6 Å². The van der Waals surface area contributed by atoms with Crippen molar-refractivity contribution < 1.29 is 8.85 Å². The summed E-state index contributed by atoms with van der Waals surface area (Å²) in [6.07, 6.45) is 4.15. The van der Waals surface area contributed by atoms with Crippen LogP contribution in [0.1, 0.15) is 67.7 Å². The highest BCUT2D eigenvalue weighted by Crippen LogP contribution is 2.44. The minimum atomic E-state index is -2.14. The summed E-state index contributed by atoms with van der Waals surface area (Å²) in [5, 5.41) is 0.164. The smallest absolute Gasteiger partial charge is 0.341 e. The Labute approximate surface area is 109 Å². The molecule has 0 N–H and O–H groups in total. The first kappa shape index (κ1) is 17.1. The molecule has 0 aliphatic heterocycles. The molecule has 0 aromatic rings. The van der Waals surface area contributed by atoms with E-state index in [4.69, 9.17) is 8.85 Å². The highest BCUT2D eigenvalue weighted by atomic mass is 28.4. The summed E-state index contributed by atoms with van der Waals surface area (Å²) in [5.74, 6) is 0. The third-order valence-corrected chi connectivity index (χ3v) is 7.86. The topological polar surface area (TPSA) is 18.5 Å². The van der Waals surface area contributed by atoms with E-state index in [1.807, 2.05) is 0 Å². The van der Waals surface area contributed by atoms with Crippen LogP contribution >= 0.6 is 0 Å². The molecule has 0 unspecified atom stereocenters. The molecule has 17 heavy (non-hydrogen) atoms. The zero-order valence-corrected chi connectivity index (χ0v) is 14.1. The summed E-state index contributed by atoms with van der Waals surface area (Å²) in [4.78, 5) is 0. The molecule has 3 heteroatoms. The number of unbranched alkanes of at least 4 members (excludes halogenated alkanes) is 1. The standard InChI is InChI=1S/C14H32O2Si/c1-9-10-11-14(6,7)17(8,15-12(2)3)16-13(4)5/h12-13H,9-11H2,1-8H3. The predicted octanol–water partition coefficient (Wildman–Crippen LogP) is 4.88. The second-order valence-corrected chi connectivity index (χ2v) is 9.98. The molecule has 0 amide bonds. The first-order valence-electron chi connectivity index (χ1n) is 7.00. The van der Waals surface area contributed by atoms with Crippen molar-refractivity contribution >= 4 is 8.56 Å². The fraction of sp³-hybridized carbons (Fsp3) is 1.00. The van der Waals surface area contributed by atoms with Crippen LogP contribution in [0.25, 0.3) is 0 Å². The van der Waals surface area contributed by atoms with Gasteiger partial charge in [-0.25, -0.2) is 0 Å². The van der Waals surface area contributed by atoms with Gasteiger partial charge in [0, 0.05) is 17.2 Å². The van der Waals surface area contributed by atoms with E-state index in [1.54, 1.807) is 0 Å². The van der Waals surface area contributed by atoms with Gasteiger partial charge in [0.1, 0.15) is 0 Å². The molecular formula is C14H32O2Si. The van der Waals surface area contributed by atoms with E-state index in [9.17, 15) is 0 Å². The van der Waals surface area contributed by atoms with Crippen LogP contribution in [-0.2, 0) is 8.85 Å². The van der Waals surface area contributed by atoms with Crippen LogP contribution in [0.5, 0.6) is 0 Å². The number of hydrogen-bond donors (Lipinski definition) is 0. The maximum Gasteiger partial charge on any atom is 0.341 e. The third kappa shape index (κ3) is 5.54. The van der Waals surface area contributed by atoms with Crippen LogP contribution in [0.2, 0.25) is 11.6 Å². The molecule has 0 aliphatic carbocycles. The molecule has 0 heterocycles. The molecule has 0 aliphatic rings. The van der Waals surface area contributed by atoms with Gasteiger partial charge in [-0.05, 0) is 40.7 Å². The molecule has 2 nitrogen and oxygen atoms in total. The second kappa shape index (κ2) is 6.91. The summed E-state index contributed by atoms with van der Waals surface area (Å²) in [6, 6.07) is 0. The Morgan fingerprint density at radius 3 is 1.71 bits per heavy atom.